The molecule has 2 saturated heterocycles. The van der Waals surface area contributed by atoms with E-state index in [4.69, 9.17) is 23.7 Å². The average molecular weight is 961 g/mol. The van der Waals surface area contributed by atoms with Gasteiger partial charge < -0.3 is 69.7 Å². The smallest absolute Gasteiger partial charge is 0.302 e. The van der Waals surface area contributed by atoms with Crippen molar-refractivity contribution >= 4 is 41.4 Å². The molecule has 4 aliphatic rings. The summed E-state index contributed by atoms with van der Waals surface area (Å²) in [5.74, 6) is -3.86. The molecule has 372 valence electrons. The van der Waals surface area contributed by atoms with Gasteiger partial charge in [-0.05, 0) is 73.9 Å². The van der Waals surface area contributed by atoms with Gasteiger partial charge in [0, 0.05) is 47.3 Å². The van der Waals surface area contributed by atoms with Gasteiger partial charge in [-0.3, -0.25) is 33.6 Å². The van der Waals surface area contributed by atoms with Crippen LogP contribution in [0.2, 0.25) is 0 Å². The summed E-state index contributed by atoms with van der Waals surface area (Å²) in [5, 5.41) is 40.1. The van der Waals surface area contributed by atoms with E-state index in [1.807, 2.05) is 0 Å². The summed E-state index contributed by atoms with van der Waals surface area (Å²) < 4.78 is 28.3. The van der Waals surface area contributed by atoms with Crippen molar-refractivity contribution in [1.29, 1.82) is 0 Å². The Kier molecular flexibility index (Phi) is 16.5. The van der Waals surface area contributed by atoms with Gasteiger partial charge >= 0.3 is 5.97 Å². The lowest BCUT2D eigenvalue weighted by molar-refractivity contribution is -0.278. The van der Waals surface area contributed by atoms with Gasteiger partial charge in [0.05, 0.1) is 7.11 Å². The normalized spacial score (nSPS) is 28.6. The number of amides is 6. The van der Waals surface area contributed by atoms with Crippen LogP contribution in [0.25, 0.3) is 0 Å². The zero-order chi connectivity index (χ0) is 50.4. The summed E-state index contributed by atoms with van der Waals surface area (Å²) >= 11 is 0. The van der Waals surface area contributed by atoms with Gasteiger partial charge in [0.2, 0.25) is 41.7 Å². The van der Waals surface area contributed by atoms with Gasteiger partial charge in [0.25, 0.3) is 0 Å². The fourth-order valence-corrected chi connectivity index (χ4v) is 8.24. The van der Waals surface area contributed by atoms with Crippen molar-refractivity contribution in [2.45, 2.75) is 114 Å². The highest BCUT2D eigenvalue weighted by molar-refractivity contribution is 5.98. The maximum absolute atomic E-state index is 14.9. The average Bonchev–Trinajstić information content (AvgIpc) is 3.33. The van der Waals surface area contributed by atoms with Crippen molar-refractivity contribution < 1.29 is 72.6 Å². The van der Waals surface area contributed by atoms with Crippen molar-refractivity contribution in [1.82, 2.24) is 30.7 Å². The van der Waals surface area contributed by atoms with E-state index >= 15 is 0 Å². The molecule has 3 aromatic rings. The van der Waals surface area contributed by atoms with E-state index in [1.165, 1.54) is 75.9 Å². The number of aliphatic hydroxyl groups is 3. The monoisotopic (exact) mass is 960 g/mol. The molecule has 0 spiro atoms. The number of carbonyl (C=O) groups is 7. The lowest BCUT2D eigenvalue weighted by atomic mass is 9.98. The van der Waals surface area contributed by atoms with Crippen molar-refractivity contribution in [2.75, 3.05) is 34.9 Å². The van der Waals surface area contributed by atoms with Crippen LogP contribution in [0.5, 0.6) is 23.0 Å². The largest absolute Gasteiger partial charge is 0.497 e. The van der Waals surface area contributed by atoms with Crippen LogP contribution < -0.4 is 30.2 Å². The molecule has 2 fully saturated rings. The second-order valence-corrected chi connectivity index (χ2v) is 17.5. The molecular weight excluding hydrogens is 901 g/mol. The predicted octanol–water partition coefficient (Wildman–Crippen LogP) is -0.413. The fraction of sp³-hybridized carbons (Fsp3) is 0.479. The number of ether oxygens (including phenoxy) is 5. The van der Waals surface area contributed by atoms with Crippen LogP contribution in [0.15, 0.2) is 66.7 Å². The van der Waals surface area contributed by atoms with Crippen molar-refractivity contribution in [2.24, 2.45) is 0 Å². The van der Waals surface area contributed by atoms with E-state index in [0.29, 0.717) is 22.4 Å². The number of nitrogens with zero attached hydrogens (tertiary/aromatic N) is 3. The number of aliphatic hydroxyl groups excluding tert-OH is 3. The molecule has 21 heteroatoms. The minimum atomic E-state index is -1.77. The highest BCUT2D eigenvalue weighted by Gasteiger charge is 2.46. The van der Waals surface area contributed by atoms with Crippen molar-refractivity contribution in [3.63, 3.8) is 0 Å². The first kappa shape index (κ1) is 51.6. The number of likely N-dealkylation sites (N-methyl/N-ethyl adjacent to an activating group) is 3. The van der Waals surface area contributed by atoms with E-state index in [2.05, 4.69) is 16.0 Å². The SMILES string of the molecule is COc1ccc(CC2C(=O)NC(C)C(=O)N(C)C3Cc4ccc(cc4)Oc4cc(ccc4OC4OC(COC(C)=O)C(O)C(O)C4O)CC(C(=O)NC(C)C(=O)NC(C)C(=O)N2C)N(C)C3=O)cc1. The summed E-state index contributed by atoms with van der Waals surface area (Å²) in [5.41, 5.74) is 1.65. The van der Waals surface area contributed by atoms with Crippen LogP contribution in [0.3, 0.4) is 0 Å². The summed E-state index contributed by atoms with van der Waals surface area (Å²) in [6.07, 6.45) is -8.26. The molecule has 0 aliphatic carbocycles. The number of hydrogen-bond acceptors (Lipinski definition) is 15. The van der Waals surface area contributed by atoms with Gasteiger partial charge in [0.15, 0.2) is 11.5 Å². The Bertz CT molecular complexity index is 2380. The van der Waals surface area contributed by atoms with E-state index in [0.717, 1.165) is 6.92 Å². The molecule has 11 unspecified atom stereocenters. The highest BCUT2D eigenvalue weighted by atomic mass is 16.7. The third-order valence-corrected chi connectivity index (χ3v) is 12.5. The van der Waals surface area contributed by atoms with Crippen LogP contribution in [-0.2, 0) is 62.3 Å². The third kappa shape index (κ3) is 12.1. The molecule has 0 aromatic heterocycles. The van der Waals surface area contributed by atoms with E-state index < -0.39 is 115 Å². The van der Waals surface area contributed by atoms with Crippen LogP contribution in [0, 0.1) is 0 Å². The minimum Gasteiger partial charge on any atom is -0.497 e. The fourth-order valence-electron chi connectivity index (χ4n) is 8.24. The molecule has 21 nitrogen and oxygen atoms in total. The maximum atomic E-state index is 14.9. The molecule has 69 heavy (non-hydrogen) atoms. The zero-order valence-electron chi connectivity index (χ0n) is 39.6. The Morgan fingerprint density at radius 3 is 1.90 bits per heavy atom. The van der Waals surface area contributed by atoms with Crippen molar-refractivity contribution in [3.8, 4) is 23.0 Å². The Morgan fingerprint density at radius 1 is 0.681 bits per heavy atom. The number of esters is 1. The Morgan fingerprint density at radius 2 is 1.26 bits per heavy atom. The van der Waals surface area contributed by atoms with Crippen LogP contribution in [-0.4, -0.2) is 173 Å². The summed E-state index contributed by atoms with van der Waals surface area (Å²) in [7, 11) is 5.74. The quantitative estimate of drug-likeness (QED) is 0.164. The first-order valence-corrected chi connectivity index (χ1v) is 22.4. The predicted molar refractivity (Wildman–Crippen MR) is 243 cm³/mol. The van der Waals surface area contributed by atoms with Crippen molar-refractivity contribution in [3.05, 3.63) is 83.4 Å². The number of carbonyl (C=O) groups excluding carboxylic acids is 7. The number of nitrogens with one attached hydrogen (secondary N) is 3. The second kappa shape index (κ2) is 22.1. The lowest BCUT2D eigenvalue weighted by Crippen LogP contribution is -2.61. The first-order chi connectivity index (χ1) is 32.7. The summed E-state index contributed by atoms with van der Waals surface area (Å²) in [4.78, 5) is 101. The van der Waals surface area contributed by atoms with Crippen LogP contribution >= 0.6 is 0 Å². The molecule has 3 aromatic carbocycles. The standard InChI is InChI=1S/C48H60N6O15/c1-24-42(59)50-25(2)45(62)52(5)33(19-28-9-14-31(65-8)15-10-28)44(61)51-26(3)46(63)54(7)35-20-29-11-16-32(17-12-29)67-37-22-30(21-34(43(60)49-24)53(6)47(35)64)13-18-36(37)68-48-41(58)40(57)39(56)38(69-48)23-66-27(4)55/h9-18,22,24-26,33-35,38-41,48,56-58H,19-21,23H2,1-8H3,(H,49,60)(H,50,59)(H,51,61). The number of fused-ring (bicyclic) bond motifs is 2. The van der Waals surface area contributed by atoms with Crippen LogP contribution in [0.1, 0.15) is 44.4 Å². The molecule has 7 rings (SSSR count). The molecular formula is C48H60N6O15. The highest BCUT2D eigenvalue weighted by Crippen LogP contribution is 2.36. The molecule has 6 amide bonds. The van der Waals surface area contributed by atoms with Gasteiger partial charge in [0.1, 0.15) is 78.8 Å². The number of methoxy groups -OCH3 is 1. The molecule has 11 atom stereocenters. The Balaban J connectivity index is 1.37. The van der Waals surface area contributed by atoms with E-state index in [-0.39, 0.29) is 36.5 Å². The topological polar surface area (TPSA) is 272 Å². The molecule has 4 heterocycles. The first-order valence-electron chi connectivity index (χ1n) is 22.4. The molecule has 0 saturated carbocycles. The van der Waals surface area contributed by atoms with E-state index in [9.17, 15) is 48.9 Å². The van der Waals surface area contributed by atoms with E-state index in [1.54, 1.807) is 54.6 Å². The third-order valence-electron chi connectivity index (χ3n) is 12.5. The Labute approximate surface area is 398 Å². The summed E-state index contributed by atoms with van der Waals surface area (Å²) in [6, 6.07) is 10.6. The molecule has 6 bridgehead atoms. The van der Waals surface area contributed by atoms with Gasteiger partial charge in [-0.2, -0.15) is 0 Å². The minimum absolute atomic E-state index is 0.0135. The zero-order valence-corrected chi connectivity index (χ0v) is 39.6. The molecule has 6 N–H and O–H groups in total. The van der Waals surface area contributed by atoms with Crippen LogP contribution in [0.4, 0.5) is 0 Å². The number of hydrogen-bond donors (Lipinski definition) is 6. The second-order valence-electron chi connectivity index (χ2n) is 17.5. The molecule has 0 radical (unpaired) electrons. The van der Waals surface area contributed by atoms with Gasteiger partial charge in [-0.1, -0.05) is 30.3 Å². The number of benzene rings is 3. The summed E-state index contributed by atoms with van der Waals surface area (Å²) in [6.45, 7) is 5.01. The van der Waals surface area contributed by atoms with Gasteiger partial charge in [-0.25, -0.2) is 0 Å². The molecule has 4 aliphatic heterocycles. The number of rotatable bonds is 7. The van der Waals surface area contributed by atoms with Gasteiger partial charge in [-0.15, -0.1) is 0 Å². The lowest BCUT2D eigenvalue weighted by Gasteiger charge is -2.40. The Hall–Kier alpha value is -6.81. The maximum Gasteiger partial charge on any atom is 0.302 e.